The highest BCUT2D eigenvalue weighted by Gasteiger charge is 2.16. The van der Waals surface area contributed by atoms with Gasteiger partial charge in [0.15, 0.2) is 5.96 Å². The average molecular weight is 556 g/mol. The number of ether oxygens (including phenoxy) is 1. The van der Waals surface area contributed by atoms with E-state index in [1.807, 2.05) is 13.1 Å². The van der Waals surface area contributed by atoms with Crippen molar-refractivity contribution in [3.63, 3.8) is 0 Å². The topological polar surface area (TPSA) is 65.0 Å². The molecule has 1 aliphatic rings. The van der Waals surface area contributed by atoms with Crippen molar-refractivity contribution in [2.45, 2.75) is 26.5 Å². The maximum atomic E-state index is 13.3. The van der Waals surface area contributed by atoms with Crippen molar-refractivity contribution < 1.29 is 9.13 Å². The number of guanidine groups is 1. The van der Waals surface area contributed by atoms with Gasteiger partial charge in [-0.1, -0.05) is 19.1 Å². The van der Waals surface area contributed by atoms with Gasteiger partial charge in [0.25, 0.3) is 0 Å². The number of likely N-dealkylation sites (N-methyl/N-ethyl adjacent to an activating group) is 1. The van der Waals surface area contributed by atoms with Crippen molar-refractivity contribution in [3.8, 4) is 5.75 Å². The predicted octanol–water partition coefficient (Wildman–Crippen LogP) is 3.11. The van der Waals surface area contributed by atoms with Crippen LogP contribution in [0.3, 0.4) is 0 Å². The van der Waals surface area contributed by atoms with Crippen molar-refractivity contribution in [1.29, 1.82) is 0 Å². The third-order valence-corrected chi connectivity index (χ3v) is 5.33. The average Bonchev–Trinajstić information content (AvgIpc) is 2.79. The van der Waals surface area contributed by atoms with Crippen LogP contribution >= 0.6 is 24.0 Å². The van der Waals surface area contributed by atoms with E-state index in [-0.39, 0.29) is 35.9 Å². The zero-order valence-electron chi connectivity index (χ0n) is 19.1. The normalized spacial score (nSPS) is 15.6. The van der Waals surface area contributed by atoms with Crippen molar-refractivity contribution in [2.75, 3.05) is 51.2 Å². The Morgan fingerprint density at radius 1 is 1.19 bits per heavy atom. The number of aliphatic imine (C=N–C) groups is 1. The Bertz CT molecular complexity index is 843. The quantitative estimate of drug-likeness (QED) is 0.296. The molecule has 7 nitrogen and oxygen atoms in total. The highest BCUT2D eigenvalue weighted by molar-refractivity contribution is 14.0. The maximum Gasteiger partial charge on any atom is 0.191 e. The minimum atomic E-state index is -0.307. The van der Waals surface area contributed by atoms with Crippen molar-refractivity contribution in [1.82, 2.24) is 20.5 Å². The largest absolute Gasteiger partial charge is 0.489 e. The lowest BCUT2D eigenvalue weighted by molar-refractivity contribution is 0.223. The summed E-state index contributed by atoms with van der Waals surface area (Å²) in [5.41, 5.74) is 1.09. The molecule has 0 spiro atoms. The maximum absolute atomic E-state index is 13.3. The molecule has 0 aliphatic carbocycles. The van der Waals surface area contributed by atoms with Gasteiger partial charge in [0.05, 0.1) is 6.54 Å². The molecule has 1 aromatic heterocycles. The molecule has 1 aromatic carbocycles. The van der Waals surface area contributed by atoms with Gasteiger partial charge in [0.2, 0.25) is 0 Å². The first-order chi connectivity index (χ1) is 15.1. The number of benzene rings is 1. The van der Waals surface area contributed by atoms with Crippen LogP contribution in [0.5, 0.6) is 5.75 Å². The van der Waals surface area contributed by atoms with Gasteiger partial charge in [0.1, 0.15) is 23.5 Å². The molecule has 1 aliphatic heterocycles. The Morgan fingerprint density at radius 3 is 2.59 bits per heavy atom. The van der Waals surface area contributed by atoms with E-state index in [1.165, 1.54) is 12.1 Å². The second-order valence-corrected chi connectivity index (χ2v) is 7.64. The van der Waals surface area contributed by atoms with E-state index >= 15 is 0 Å². The van der Waals surface area contributed by atoms with Gasteiger partial charge < -0.3 is 25.2 Å². The summed E-state index contributed by atoms with van der Waals surface area (Å²) in [6, 6.07) is 10.3. The molecule has 0 amide bonds. The van der Waals surface area contributed by atoms with Gasteiger partial charge in [-0.2, -0.15) is 0 Å². The number of hydrogen-bond donors (Lipinski definition) is 2. The zero-order chi connectivity index (χ0) is 22.1. The second kappa shape index (κ2) is 13.4. The molecule has 0 radical (unpaired) electrons. The summed E-state index contributed by atoms with van der Waals surface area (Å²) in [6.07, 6.45) is 1.77. The Balaban J connectivity index is 0.00000363. The van der Waals surface area contributed by atoms with Crippen LogP contribution in [-0.4, -0.2) is 68.3 Å². The summed E-state index contributed by atoms with van der Waals surface area (Å²) in [4.78, 5) is 13.7. The lowest BCUT2D eigenvalue weighted by atomic mass is 10.2. The van der Waals surface area contributed by atoms with Gasteiger partial charge in [-0.25, -0.2) is 9.37 Å². The third kappa shape index (κ3) is 8.09. The Hall–Kier alpha value is -2.14. The Labute approximate surface area is 207 Å². The molecular formula is C23H34FIN6O. The molecule has 2 heterocycles. The molecule has 1 saturated heterocycles. The molecule has 1 unspecified atom stereocenters. The molecule has 9 heteroatoms. The van der Waals surface area contributed by atoms with Crippen LogP contribution in [0.2, 0.25) is 0 Å². The van der Waals surface area contributed by atoms with E-state index in [0.29, 0.717) is 24.8 Å². The van der Waals surface area contributed by atoms with Gasteiger partial charge >= 0.3 is 0 Å². The summed E-state index contributed by atoms with van der Waals surface area (Å²) in [6.45, 7) is 10.6. The fraction of sp³-hybridized carbons (Fsp3) is 0.478. The van der Waals surface area contributed by atoms with Crippen LogP contribution < -0.4 is 20.3 Å². The SMILES string of the molecule is CCN1CCN(c2ccc(CNC(=NC)NCC(C)Oc3cccc(F)c3)cn2)CC1.I. The number of rotatable bonds is 8. The number of anilines is 1. The van der Waals surface area contributed by atoms with Gasteiger partial charge in [-0.15, -0.1) is 24.0 Å². The lowest BCUT2D eigenvalue weighted by Crippen LogP contribution is -2.46. The first-order valence-corrected chi connectivity index (χ1v) is 10.9. The molecule has 2 N–H and O–H groups in total. The van der Waals surface area contributed by atoms with Crippen LogP contribution in [0.4, 0.5) is 10.2 Å². The van der Waals surface area contributed by atoms with Gasteiger partial charge in [-0.05, 0) is 37.2 Å². The Kier molecular flexibility index (Phi) is 10.9. The molecule has 2 aromatic rings. The van der Waals surface area contributed by atoms with E-state index in [1.54, 1.807) is 19.2 Å². The van der Waals surface area contributed by atoms with E-state index < -0.39 is 0 Å². The molecule has 0 bridgehead atoms. The molecule has 3 rings (SSSR count). The second-order valence-electron chi connectivity index (χ2n) is 7.64. The number of nitrogens with zero attached hydrogens (tertiary/aromatic N) is 4. The summed E-state index contributed by atoms with van der Waals surface area (Å²) >= 11 is 0. The Morgan fingerprint density at radius 2 is 1.97 bits per heavy atom. The molecule has 1 fully saturated rings. The van der Waals surface area contributed by atoms with E-state index in [2.05, 4.69) is 49.5 Å². The van der Waals surface area contributed by atoms with Crippen LogP contribution in [-0.2, 0) is 6.54 Å². The number of halogens is 2. The van der Waals surface area contributed by atoms with Crippen LogP contribution in [0.15, 0.2) is 47.6 Å². The fourth-order valence-electron chi connectivity index (χ4n) is 3.46. The lowest BCUT2D eigenvalue weighted by Gasteiger charge is -2.34. The molecule has 176 valence electrons. The summed E-state index contributed by atoms with van der Waals surface area (Å²) in [5, 5.41) is 6.52. The van der Waals surface area contributed by atoms with Gasteiger partial charge in [0, 0.05) is 52.0 Å². The first kappa shape index (κ1) is 26.1. The number of nitrogens with one attached hydrogen (secondary N) is 2. The standard InChI is InChI=1S/C23H33FN6O.HI/c1-4-29-10-12-30(13-11-29)22-9-8-19(16-26-22)17-28-23(25-3)27-15-18(2)31-21-7-5-6-20(24)14-21;/h5-9,14,16,18H,4,10-13,15,17H2,1-3H3,(H2,25,27,28);1H. The van der Waals surface area contributed by atoms with Crippen molar-refractivity contribution >= 4 is 35.8 Å². The first-order valence-electron chi connectivity index (χ1n) is 10.9. The number of hydrogen-bond acceptors (Lipinski definition) is 5. The fourth-order valence-corrected chi connectivity index (χ4v) is 3.46. The van der Waals surface area contributed by atoms with Crippen molar-refractivity contribution in [2.24, 2.45) is 4.99 Å². The molecular weight excluding hydrogens is 522 g/mol. The van der Waals surface area contributed by atoms with E-state index in [0.717, 1.165) is 44.1 Å². The summed E-state index contributed by atoms with van der Waals surface area (Å²) < 4.78 is 19.0. The zero-order valence-corrected chi connectivity index (χ0v) is 21.4. The smallest absolute Gasteiger partial charge is 0.191 e. The highest BCUT2D eigenvalue weighted by Crippen LogP contribution is 2.15. The van der Waals surface area contributed by atoms with Crippen LogP contribution in [0, 0.1) is 5.82 Å². The van der Waals surface area contributed by atoms with E-state index in [4.69, 9.17) is 4.74 Å². The predicted molar refractivity (Wildman–Crippen MR) is 139 cm³/mol. The van der Waals surface area contributed by atoms with Crippen LogP contribution in [0.1, 0.15) is 19.4 Å². The summed E-state index contributed by atoms with van der Waals surface area (Å²) in [5.74, 6) is 1.91. The minimum absolute atomic E-state index is 0. The molecule has 0 saturated carbocycles. The molecule has 32 heavy (non-hydrogen) atoms. The number of pyridine rings is 1. The van der Waals surface area contributed by atoms with E-state index in [9.17, 15) is 4.39 Å². The van der Waals surface area contributed by atoms with Crippen molar-refractivity contribution in [3.05, 3.63) is 54.0 Å². The molecule has 1 atom stereocenters. The monoisotopic (exact) mass is 556 g/mol. The summed E-state index contributed by atoms with van der Waals surface area (Å²) in [7, 11) is 1.73. The number of aromatic nitrogens is 1. The van der Waals surface area contributed by atoms with Gasteiger partial charge in [-0.3, -0.25) is 4.99 Å². The number of piperazine rings is 1. The highest BCUT2D eigenvalue weighted by atomic mass is 127. The third-order valence-electron chi connectivity index (χ3n) is 5.33. The van der Waals surface area contributed by atoms with Crippen LogP contribution in [0.25, 0.3) is 0 Å². The minimum Gasteiger partial charge on any atom is -0.489 e.